The predicted octanol–water partition coefficient (Wildman–Crippen LogP) is 1.78. The molecule has 2 heterocycles. The molecule has 128 valence electrons. The molecule has 0 bridgehead atoms. The lowest BCUT2D eigenvalue weighted by atomic mass is 10.4. The van der Waals surface area contributed by atoms with Crippen LogP contribution in [-0.2, 0) is 20.7 Å². The van der Waals surface area contributed by atoms with Gasteiger partial charge in [0.1, 0.15) is 5.01 Å². The average molecular weight is 367 g/mol. The molecule has 1 N–H and O–H groups in total. The molecule has 0 radical (unpaired) electrons. The zero-order valence-corrected chi connectivity index (χ0v) is 15.2. The average Bonchev–Trinajstić information content (AvgIpc) is 2.97. The lowest BCUT2D eigenvalue weighted by Crippen LogP contribution is -2.21. The van der Waals surface area contributed by atoms with Crippen molar-refractivity contribution in [3.8, 4) is 0 Å². The summed E-state index contributed by atoms with van der Waals surface area (Å²) in [6.07, 6.45) is 0.750. The summed E-state index contributed by atoms with van der Waals surface area (Å²) < 4.78 is 4.92. The molecule has 0 aliphatic carbocycles. The highest BCUT2D eigenvalue weighted by molar-refractivity contribution is 7.99. The predicted molar refractivity (Wildman–Crippen MR) is 91.1 cm³/mol. The third kappa shape index (κ3) is 5.85. The molecule has 0 unspecified atom stereocenters. The van der Waals surface area contributed by atoms with Gasteiger partial charge >= 0.3 is 5.97 Å². The molecule has 0 fully saturated rings. The number of hydrogen-bond donors (Lipinski definition) is 1. The van der Waals surface area contributed by atoms with Crippen molar-refractivity contribution in [2.45, 2.75) is 32.3 Å². The second-order valence-electron chi connectivity index (χ2n) is 4.79. The van der Waals surface area contributed by atoms with Crippen molar-refractivity contribution in [2.24, 2.45) is 0 Å². The molecule has 1 amide bonds. The number of anilines is 1. The second-order valence-corrected chi connectivity index (χ2v) is 6.79. The molecule has 2 aromatic heterocycles. The number of nitrogens with one attached hydrogen (secondary N) is 1. The summed E-state index contributed by atoms with van der Waals surface area (Å²) in [7, 11) is 0. The second kappa shape index (κ2) is 8.69. The number of amides is 1. The Labute approximate surface area is 147 Å². The number of hydrogen-bond acceptors (Lipinski definition) is 9. The van der Waals surface area contributed by atoms with Crippen molar-refractivity contribution in [1.29, 1.82) is 0 Å². The van der Waals surface area contributed by atoms with E-state index < -0.39 is 11.9 Å². The largest absolute Gasteiger partial charge is 0.455 e. The van der Waals surface area contributed by atoms with Crippen LogP contribution < -0.4 is 5.32 Å². The van der Waals surface area contributed by atoms with Crippen LogP contribution in [0.4, 0.5) is 5.13 Å². The molecule has 0 atom stereocenters. The van der Waals surface area contributed by atoms with E-state index >= 15 is 0 Å². The highest BCUT2D eigenvalue weighted by atomic mass is 32.2. The molecule has 2 rings (SSSR count). The van der Waals surface area contributed by atoms with Gasteiger partial charge in [-0.2, -0.15) is 0 Å². The van der Waals surface area contributed by atoms with Crippen molar-refractivity contribution in [3.05, 3.63) is 22.5 Å². The van der Waals surface area contributed by atoms with Crippen molar-refractivity contribution in [3.63, 3.8) is 0 Å². The van der Waals surface area contributed by atoms with E-state index in [9.17, 15) is 9.59 Å². The highest BCUT2D eigenvalue weighted by Gasteiger charge is 2.12. The number of carbonyl (C=O) groups is 2. The Morgan fingerprint density at radius 2 is 1.96 bits per heavy atom. The van der Waals surface area contributed by atoms with E-state index in [2.05, 4.69) is 25.5 Å². The summed E-state index contributed by atoms with van der Waals surface area (Å²) in [5.41, 5.74) is 1.67. The molecule has 10 heteroatoms. The van der Waals surface area contributed by atoms with Crippen LogP contribution in [0.2, 0.25) is 0 Å². The molecule has 2 aromatic rings. The summed E-state index contributed by atoms with van der Waals surface area (Å²) in [4.78, 5) is 31.8. The van der Waals surface area contributed by atoms with Crippen LogP contribution in [0.3, 0.4) is 0 Å². The molecule has 0 aliphatic rings. The van der Waals surface area contributed by atoms with E-state index in [1.165, 1.54) is 23.1 Å². The van der Waals surface area contributed by atoms with Crippen molar-refractivity contribution < 1.29 is 14.3 Å². The lowest BCUT2D eigenvalue weighted by molar-refractivity contribution is -0.144. The van der Waals surface area contributed by atoms with E-state index in [0.29, 0.717) is 10.3 Å². The van der Waals surface area contributed by atoms with Crippen LogP contribution in [0, 0.1) is 13.8 Å². The van der Waals surface area contributed by atoms with Gasteiger partial charge in [0.05, 0.1) is 5.75 Å². The minimum Gasteiger partial charge on any atom is -0.455 e. The van der Waals surface area contributed by atoms with Crippen LogP contribution in [0.1, 0.15) is 23.3 Å². The summed E-state index contributed by atoms with van der Waals surface area (Å²) >= 11 is 2.46. The van der Waals surface area contributed by atoms with E-state index in [-0.39, 0.29) is 12.4 Å². The van der Waals surface area contributed by atoms with E-state index in [4.69, 9.17) is 4.74 Å². The Kier molecular flexibility index (Phi) is 6.62. The number of aromatic nitrogens is 4. The molecular weight excluding hydrogens is 350 g/mol. The quantitative estimate of drug-likeness (QED) is 0.448. The highest BCUT2D eigenvalue weighted by Crippen LogP contribution is 2.16. The molecule has 0 spiro atoms. The van der Waals surface area contributed by atoms with Gasteiger partial charge in [0, 0.05) is 11.4 Å². The van der Waals surface area contributed by atoms with Gasteiger partial charge < -0.3 is 4.74 Å². The first kappa shape index (κ1) is 18.3. The third-order valence-corrected chi connectivity index (χ3v) is 4.46. The van der Waals surface area contributed by atoms with Gasteiger partial charge in [-0.1, -0.05) is 30.0 Å². The van der Waals surface area contributed by atoms with Crippen LogP contribution in [0.25, 0.3) is 0 Å². The Balaban J connectivity index is 1.73. The number of rotatable bonds is 7. The van der Waals surface area contributed by atoms with Crippen LogP contribution in [0.5, 0.6) is 0 Å². The Morgan fingerprint density at radius 1 is 1.25 bits per heavy atom. The van der Waals surface area contributed by atoms with Crippen LogP contribution >= 0.6 is 23.1 Å². The summed E-state index contributed by atoms with van der Waals surface area (Å²) in [5, 5.41) is 12.0. The van der Waals surface area contributed by atoms with Gasteiger partial charge in [-0.15, -0.1) is 10.2 Å². The fourth-order valence-corrected chi connectivity index (χ4v) is 3.11. The number of esters is 1. The lowest BCUT2D eigenvalue weighted by Gasteiger charge is -2.05. The van der Waals surface area contributed by atoms with Gasteiger partial charge in [0.2, 0.25) is 5.13 Å². The third-order valence-electron chi connectivity index (χ3n) is 2.66. The molecule has 24 heavy (non-hydrogen) atoms. The van der Waals surface area contributed by atoms with Gasteiger partial charge in [0.15, 0.2) is 11.8 Å². The molecular formula is C14H17N5O3S2. The molecule has 0 saturated carbocycles. The number of carbonyl (C=O) groups excluding carboxylic acids is 2. The Morgan fingerprint density at radius 3 is 2.58 bits per heavy atom. The summed E-state index contributed by atoms with van der Waals surface area (Å²) in [6, 6.07) is 1.85. The number of thioether (sulfide) groups is 1. The van der Waals surface area contributed by atoms with Gasteiger partial charge in [-0.3, -0.25) is 14.9 Å². The Bertz CT molecular complexity index is 715. The first-order valence-electron chi connectivity index (χ1n) is 7.19. The maximum absolute atomic E-state index is 11.7. The van der Waals surface area contributed by atoms with Crippen molar-refractivity contribution in [2.75, 3.05) is 17.7 Å². The maximum Gasteiger partial charge on any atom is 0.316 e. The first-order valence-corrected chi connectivity index (χ1v) is 8.99. The topological polar surface area (TPSA) is 107 Å². The van der Waals surface area contributed by atoms with Gasteiger partial charge in [-0.05, 0) is 26.3 Å². The summed E-state index contributed by atoms with van der Waals surface area (Å²) in [6.45, 7) is 5.30. The zero-order chi connectivity index (χ0) is 17.5. The molecule has 0 saturated heterocycles. The molecule has 0 aromatic carbocycles. The molecule has 8 nitrogen and oxygen atoms in total. The number of nitrogens with zero attached hydrogens (tertiary/aromatic N) is 4. The monoisotopic (exact) mass is 367 g/mol. The molecule has 0 aliphatic heterocycles. The van der Waals surface area contributed by atoms with Crippen LogP contribution in [-0.4, -0.2) is 44.4 Å². The maximum atomic E-state index is 11.7. The minimum absolute atomic E-state index is 0.0367. The summed E-state index contributed by atoms with van der Waals surface area (Å²) in [5.74, 6) is -0.922. The van der Waals surface area contributed by atoms with E-state index in [0.717, 1.165) is 22.8 Å². The minimum atomic E-state index is -0.510. The SMILES string of the molecule is CCc1nnc(NC(=O)COC(=O)CSc2nc(C)cc(C)n2)s1. The van der Waals surface area contributed by atoms with Crippen LogP contribution in [0.15, 0.2) is 11.2 Å². The zero-order valence-electron chi connectivity index (χ0n) is 13.5. The van der Waals surface area contributed by atoms with Crippen molar-refractivity contribution >= 4 is 40.1 Å². The standard InChI is InChI=1S/C14H17N5O3S2/c1-4-11-18-19-14(24-11)17-10(20)6-22-12(21)7-23-13-15-8(2)5-9(3)16-13/h5H,4,6-7H2,1-3H3,(H,17,19,20). The van der Waals surface area contributed by atoms with E-state index in [1.54, 1.807) is 0 Å². The normalized spacial score (nSPS) is 10.5. The van der Waals surface area contributed by atoms with Gasteiger partial charge in [0.25, 0.3) is 5.91 Å². The van der Waals surface area contributed by atoms with Crippen molar-refractivity contribution in [1.82, 2.24) is 20.2 Å². The van der Waals surface area contributed by atoms with Gasteiger partial charge in [-0.25, -0.2) is 9.97 Å². The fourth-order valence-electron chi connectivity index (χ4n) is 1.67. The number of ether oxygens (including phenoxy) is 1. The Hall–Kier alpha value is -2.07. The smallest absolute Gasteiger partial charge is 0.316 e. The van der Waals surface area contributed by atoms with E-state index in [1.807, 2.05) is 26.8 Å². The number of aryl methyl sites for hydroxylation is 3. The fraction of sp³-hybridized carbons (Fsp3) is 0.429. The first-order chi connectivity index (χ1) is 11.5.